The second-order valence-electron chi connectivity index (χ2n) is 11.8. The second-order valence-corrected chi connectivity index (χ2v) is 11.8. The third-order valence-corrected chi connectivity index (χ3v) is 9.30. The smallest absolute Gasteiger partial charge is 0.220 e. The summed E-state index contributed by atoms with van der Waals surface area (Å²) in [4.78, 5) is 5.28. The zero-order valence-corrected chi connectivity index (χ0v) is 23.5. The lowest BCUT2D eigenvalue weighted by Gasteiger charge is -2.11. The van der Waals surface area contributed by atoms with Crippen molar-refractivity contribution < 1.29 is 0 Å². The number of imidazole rings is 2. The molecule has 0 amide bonds. The van der Waals surface area contributed by atoms with Gasteiger partial charge in [-0.15, -0.1) is 0 Å². The number of nitrogens with zero attached hydrogens (tertiary/aromatic N) is 3. The summed E-state index contributed by atoms with van der Waals surface area (Å²) in [6.07, 6.45) is 0. The van der Waals surface area contributed by atoms with Crippen molar-refractivity contribution in [2.45, 2.75) is 6.92 Å². The highest BCUT2D eigenvalue weighted by molar-refractivity contribution is 6.20. The third kappa shape index (κ3) is 3.11. The van der Waals surface area contributed by atoms with Gasteiger partial charge in [0, 0.05) is 10.8 Å². The van der Waals surface area contributed by atoms with Crippen LogP contribution in [0.5, 0.6) is 0 Å². The van der Waals surface area contributed by atoms with E-state index in [0.29, 0.717) is 0 Å². The Kier molecular flexibility index (Phi) is 4.38. The number of aromatic nitrogens is 3. The van der Waals surface area contributed by atoms with E-state index in [4.69, 9.17) is 4.98 Å². The first-order valence-electron chi connectivity index (χ1n) is 14.8. The van der Waals surface area contributed by atoms with Crippen molar-refractivity contribution >= 4 is 65.7 Å². The lowest BCUT2D eigenvalue weighted by molar-refractivity contribution is 1.22. The van der Waals surface area contributed by atoms with Gasteiger partial charge in [0.15, 0.2) is 0 Å². The summed E-state index contributed by atoms with van der Waals surface area (Å²) in [5, 5.41) is 7.46. The molecule has 0 aliphatic rings. The van der Waals surface area contributed by atoms with Crippen LogP contribution in [-0.4, -0.2) is 13.8 Å². The van der Waals surface area contributed by atoms with Crippen LogP contribution < -0.4 is 0 Å². The Morgan fingerprint density at radius 2 is 1.14 bits per heavy atom. The fourth-order valence-corrected chi connectivity index (χ4v) is 7.28. The number of benzene rings is 7. The van der Waals surface area contributed by atoms with E-state index in [-0.39, 0.29) is 0 Å². The van der Waals surface area contributed by atoms with Gasteiger partial charge in [-0.05, 0) is 92.7 Å². The van der Waals surface area contributed by atoms with Crippen LogP contribution in [0.1, 0.15) is 5.56 Å². The average Bonchev–Trinajstić information content (AvgIpc) is 3.68. The Morgan fingerprint density at radius 1 is 0.465 bits per heavy atom. The van der Waals surface area contributed by atoms with Crippen LogP contribution in [0.25, 0.3) is 87.9 Å². The molecule has 0 aliphatic heterocycles. The van der Waals surface area contributed by atoms with Crippen molar-refractivity contribution in [2.24, 2.45) is 0 Å². The van der Waals surface area contributed by atoms with Crippen molar-refractivity contribution in [3.05, 3.63) is 139 Å². The van der Waals surface area contributed by atoms with Gasteiger partial charge in [-0.2, -0.15) is 0 Å². The van der Waals surface area contributed by atoms with Crippen molar-refractivity contribution in [1.29, 1.82) is 0 Å². The summed E-state index contributed by atoms with van der Waals surface area (Å²) in [6, 6.07) is 48.7. The third-order valence-electron chi connectivity index (χ3n) is 9.30. The number of rotatable bonds is 2. The highest BCUT2D eigenvalue weighted by Crippen LogP contribution is 2.42. The molecule has 200 valence electrons. The molecule has 0 fully saturated rings. The molecule has 10 rings (SSSR count). The predicted molar refractivity (Wildman–Crippen MR) is 180 cm³/mol. The second kappa shape index (κ2) is 8.21. The fourth-order valence-electron chi connectivity index (χ4n) is 7.28. The van der Waals surface area contributed by atoms with Gasteiger partial charge in [0.2, 0.25) is 5.78 Å². The Balaban J connectivity index is 1.35. The summed E-state index contributed by atoms with van der Waals surface area (Å²) in [5.41, 5.74) is 12.0. The molecule has 0 aliphatic carbocycles. The van der Waals surface area contributed by atoms with Crippen molar-refractivity contribution in [3.63, 3.8) is 0 Å². The van der Waals surface area contributed by atoms with Gasteiger partial charge in [0.1, 0.15) is 0 Å². The Labute approximate surface area is 247 Å². The van der Waals surface area contributed by atoms with E-state index in [1.54, 1.807) is 0 Å². The quantitative estimate of drug-likeness (QED) is 0.211. The number of aryl methyl sites for hydroxylation is 1. The van der Waals surface area contributed by atoms with E-state index in [2.05, 4.69) is 149 Å². The first-order chi connectivity index (χ1) is 21.2. The van der Waals surface area contributed by atoms with E-state index in [1.165, 1.54) is 76.7 Å². The largest absolute Gasteiger partial charge is 0.277 e. The molecular formula is C40H25N3. The topological polar surface area (TPSA) is 21.7 Å². The molecule has 0 unspecified atom stereocenters. The predicted octanol–water partition coefficient (Wildman–Crippen LogP) is 10.4. The highest BCUT2D eigenvalue weighted by Gasteiger charge is 2.23. The van der Waals surface area contributed by atoms with Gasteiger partial charge >= 0.3 is 0 Å². The molecule has 3 aromatic heterocycles. The molecule has 0 radical (unpaired) electrons. The monoisotopic (exact) mass is 547 g/mol. The average molecular weight is 548 g/mol. The molecule has 3 heteroatoms. The van der Waals surface area contributed by atoms with Crippen LogP contribution in [0.2, 0.25) is 0 Å². The Hall–Kier alpha value is -5.67. The van der Waals surface area contributed by atoms with Gasteiger partial charge in [-0.3, -0.25) is 8.80 Å². The Morgan fingerprint density at radius 3 is 1.88 bits per heavy atom. The van der Waals surface area contributed by atoms with Gasteiger partial charge in [-0.25, -0.2) is 4.98 Å². The van der Waals surface area contributed by atoms with Gasteiger partial charge in [0.05, 0.1) is 27.6 Å². The molecule has 0 atom stereocenters. The minimum Gasteiger partial charge on any atom is -0.277 e. The summed E-state index contributed by atoms with van der Waals surface area (Å²) in [7, 11) is 0. The minimum atomic E-state index is 0.962. The van der Waals surface area contributed by atoms with E-state index in [1.807, 2.05) is 0 Å². The SMILES string of the molecule is Cc1cc(-c2ccccc2)ccc1-c1cc2c3cc4ccccc4cc3n3c2c(c1)n1c2cc4ccccc4cc2nc13. The van der Waals surface area contributed by atoms with Crippen LogP contribution >= 0.6 is 0 Å². The molecule has 0 saturated heterocycles. The van der Waals surface area contributed by atoms with Crippen LogP contribution in [-0.2, 0) is 0 Å². The molecular weight excluding hydrogens is 522 g/mol. The maximum atomic E-state index is 5.28. The van der Waals surface area contributed by atoms with Crippen molar-refractivity contribution in [3.8, 4) is 22.3 Å². The fraction of sp³-hybridized carbons (Fsp3) is 0.0250. The van der Waals surface area contributed by atoms with E-state index < -0.39 is 0 Å². The zero-order valence-electron chi connectivity index (χ0n) is 23.5. The van der Waals surface area contributed by atoms with Gasteiger partial charge in [-0.1, -0.05) is 97.1 Å². The van der Waals surface area contributed by atoms with Gasteiger partial charge in [0.25, 0.3) is 0 Å². The normalized spacial score (nSPS) is 12.3. The zero-order chi connectivity index (χ0) is 28.2. The molecule has 7 aromatic carbocycles. The maximum Gasteiger partial charge on any atom is 0.220 e. The standard InChI is InChI=1S/C40H25N3/c1-24-17-30(25-9-3-2-4-10-25)15-16-32(24)31-19-34-33-18-26-11-5-7-13-28(26)21-36(33)43-39(34)38(23-31)42-37-22-29-14-8-6-12-27(29)20-35(37)41-40(42)43/h2-23H,1H3. The molecule has 43 heavy (non-hydrogen) atoms. The van der Waals surface area contributed by atoms with Crippen LogP contribution in [0.3, 0.4) is 0 Å². The number of fused-ring (bicyclic) bond motifs is 10. The summed E-state index contributed by atoms with van der Waals surface area (Å²) < 4.78 is 4.75. The maximum absolute atomic E-state index is 5.28. The van der Waals surface area contributed by atoms with Crippen molar-refractivity contribution in [2.75, 3.05) is 0 Å². The molecule has 3 heterocycles. The molecule has 0 spiro atoms. The van der Waals surface area contributed by atoms with Crippen LogP contribution in [0.15, 0.2) is 133 Å². The van der Waals surface area contributed by atoms with Crippen LogP contribution in [0, 0.1) is 6.92 Å². The highest BCUT2D eigenvalue weighted by atomic mass is 15.2. The first-order valence-corrected chi connectivity index (χ1v) is 14.8. The lowest BCUT2D eigenvalue weighted by Crippen LogP contribution is -1.88. The molecule has 0 bridgehead atoms. The minimum absolute atomic E-state index is 0.962. The van der Waals surface area contributed by atoms with E-state index >= 15 is 0 Å². The first kappa shape index (κ1) is 23.0. The lowest BCUT2D eigenvalue weighted by atomic mass is 9.94. The Bertz CT molecular complexity index is 2730. The molecule has 0 saturated carbocycles. The summed E-state index contributed by atoms with van der Waals surface area (Å²) in [5.74, 6) is 0.962. The summed E-state index contributed by atoms with van der Waals surface area (Å²) >= 11 is 0. The van der Waals surface area contributed by atoms with Crippen LogP contribution in [0.4, 0.5) is 0 Å². The number of hydrogen-bond donors (Lipinski definition) is 0. The van der Waals surface area contributed by atoms with Crippen molar-refractivity contribution in [1.82, 2.24) is 13.8 Å². The molecule has 0 N–H and O–H groups in total. The van der Waals surface area contributed by atoms with E-state index in [0.717, 1.165) is 16.8 Å². The summed E-state index contributed by atoms with van der Waals surface area (Å²) in [6.45, 7) is 2.23. The molecule has 10 aromatic rings. The molecule has 3 nitrogen and oxygen atoms in total. The van der Waals surface area contributed by atoms with Gasteiger partial charge < -0.3 is 0 Å². The number of hydrogen-bond acceptors (Lipinski definition) is 1. The van der Waals surface area contributed by atoms with E-state index in [9.17, 15) is 0 Å².